The summed E-state index contributed by atoms with van der Waals surface area (Å²) in [5, 5.41) is 19.4. The molecule has 0 saturated carbocycles. The maximum atomic E-state index is 12.5. The molecule has 7 heteroatoms. The van der Waals surface area contributed by atoms with Crippen LogP contribution in [0.2, 0.25) is 5.02 Å². The zero-order valence-electron chi connectivity index (χ0n) is 17.7. The van der Waals surface area contributed by atoms with Gasteiger partial charge < -0.3 is 10.4 Å². The van der Waals surface area contributed by atoms with Crippen LogP contribution in [0.1, 0.15) is 33.2 Å². The molecule has 33 heavy (non-hydrogen) atoms. The van der Waals surface area contributed by atoms with Crippen molar-refractivity contribution in [3.63, 3.8) is 0 Å². The smallest absolute Gasteiger partial charge is 0.275 e. The average molecular weight is 458 g/mol. The Bertz CT molecular complexity index is 1360. The normalized spacial score (nSPS) is 11.3. The number of carbonyl (C=O) groups is 2. The van der Waals surface area contributed by atoms with Gasteiger partial charge in [0.05, 0.1) is 11.3 Å². The molecule has 4 aromatic rings. The fourth-order valence-electron chi connectivity index (χ4n) is 3.27. The molecule has 0 atom stereocenters. The number of phenols is 1. The lowest BCUT2D eigenvalue weighted by molar-refractivity contribution is 0.0951. The molecule has 0 heterocycles. The van der Waals surface area contributed by atoms with Gasteiger partial charge in [0.25, 0.3) is 11.8 Å². The third-order valence-electron chi connectivity index (χ3n) is 5.10. The number of phenolic OH excluding ortho intramolecular Hbond substituents is 1. The number of benzene rings is 4. The Labute approximate surface area is 195 Å². The first-order valence-corrected chi connectivity index (χ1v) is 10.5. The number of rotatable bonds is 5. The van der Waals surface area contributed by atoms with Gasteiger partial charge in [0.1, 0.15) is 5.75 Å². The lowest BCUT2D eigenvalue weighted by atomic mass is 10.1. The summed E-state index contributed by atoms with van der Waals surface area (Å²) in [6, 6.07) is 24.3. The number of fused-ring (bicyclic) bond motifs is 1. The van der Waals surface area contributed by atoms with Gasteiger partial charge in [-0.3, -0.25) is 9.59 Å². The van der Waals surface area contributed by atoms with Crippen LogP contribution >= 0.6 is 11.6 Å². The second kappa shape index (κ2) is 9.54. The maximum absolute atomic E-state index is 12.5. The number of nitrogens with one attached hydrogen (secondary N) is 2. The van der Waals surface area contributed by atoms with E-state index in [1.165, 1.54) is 0 Å². The SMILES string of the molecule is C/C(=N/NC(=O)c1cc2ccccc2cc1O)c1ccc(NC(=O)c2ccc(Cl)cc2)cc1. The van der Waals surface area contributed by atoms with Crippen molar-refractivity contribution in [1.29, 1.82) is 0 Å². The number of hydrogen-bond acceptors (Lipinski definition) is 4. The molecule has 6 nitrogen and oxygen atoms in total. The van der Waals surface area contributed by atoms with Gasteiger partial charge in [-0.05, 0) is 71.8 Å². The van der Waals surface area contributed by atoms with Gasteiger partial charge >= 0.3 is 0 Å². The molecule has 0 fully saturated rings. The van der Waals surface area contributed by atoms with E-state index in [2.05, 4.69) is 15.8 Å². The third kappa shape index (κ3) is 5.19. The van der Waals surface area contributed by atoms with E-state index in [-0.39, 0.29) is 17.2 Å². The van der Waals surface area contributed by atoms with E-state index in [0.29, 0.717) is 22.0 Å². The molecule has 0 spiro atoms. The molecular weight excluding hydrogens is 438 g/mol. The van der Waals surface area contributed by atoms with Gasteiger partial charge in [-0.15, -0.1) is 0 Å². The largest absolute Gasteiger partial charge is 0.507 e. The Morgan fingerprint density at radius 3 is 2.09 bits per heavy atom. The zero-order chi connectivity index (χ0) is 23.4. The molecule has 0 unspecified atom stereocenters. The van der Waals surface area contributed by atoms with Crippen LogP contribution in [-0.4, -0.2) is 22.6 Å². The Balaban J connectivity index is 1.42. The van der Waals surface area contributed by atoms with Crippen LogP contribution in [0.5, 0.6) is 5.75 Å². The van der Waals surface area contributed by atoms with Crippen LogP contribution in [0.4, 0.5) is 5.69 Å². The number of hydrogen-bond donors (Lipinski definition) is 3. The van der Waals surface area contributed by atoms with Gasteiger partial charge in [-0.1, -0.05) is 48.0 Å². The summed E-state index contributed by atoms with van der Waals surface area (Å²) in [4.78, 5) is 24.9. The van der Waals surface area contributed by atoms with Crippen molar-refractivity contribution in [2.24, 2.45) is 5.10 Å². The number of nitrogens with zero attached hydrogens (tertiary/aromatic N) is 1. The van der Waals surface area contributed by atoms with Gasteiger partial charge in [0, 0.05) is 16.3 Å². The van der Waals surface area contributed by atoms with Crippen LogP contribution in [0.15, 0.2) is 90.0 Å². The van der Waals surface area contributed by atoms with Gasteiger partial charge in [-0.25, -0.2) is 5.43 Å². The Morgan fingerprint density at radius 1 is 0.818 bits per heavy atom. The van der Waals surface area contributed by atoms with Crippen LogP contribution in [0, 0.1) is 0 Å². The van der Waals surface area contributed by atoms with Crippen molar-refractivity contribution < 1.29 is 14.7 Å². The highest BCUT2D eigenvalue weighted by Gasteiger charge is 2.12. The molecular formula is C26H20ClN3O3. The van der Waals surface area contributed by atoms with Crippen LogP contribution < -0.4 is 10.7 Å². The van der Waals surface area contributed by atoms with Crippen LogP contribution in [-0.2, 0) is 0 Å². The number of amides is 2. The first-order valence-electron chi connectivity index (χ1n) is 10.1. The quantitative estimate of drug-likeness (QED) is 0.269. The summed E-state index contributed by atoms with van der Waals surface area (Å²) in [7, 11) is 0. The topological polar surface area (TPSA) is 90.8 Å². The van der Waals surface area contributed by atoms with Crippen molar-refractivity contribution >= 4 is 45.6 Å². The highest BCUT2D eigenvalue weighted by atomic mass is 35.5. The van der Waals surface area contributed by atoms with Crippen molar-refractivity contribution in [1.82, 2.24) is 5.43 Å². The lowest BCUT2D eigenvalue weighted by Crippen LogP contribution is -2.19. The standard InChI is InChI=1S/C26H20ClN3O3/c1-16(29-30-26(33)23-14-19-4-2-3-5-20(19)15-24(23)31)17-8-12-22(13-9-17)28-25(32)18-6-10-21(27)11-7-18/h2-15,31H,1H3,(H,28,32)(H,30,33)/b29-16-. The number of aromatic hydroxyl groups is 1. The van der Waals surface area contributed by atoms with Crippen molar-refractivity contribution in [2.75, 3.05) is 5.32 Å². The Hall–Kier alpha value is -4.16. The summed E-state index contributed by atoms with van der Waals surface area (Å²) in [5.41, 5.74) is 5.09. The van der Waals surface area contributed by atoms with E-state index < -0.39 is 5.91 Å². The summed E-state index contributed by atoms with van der Waals surface area (Å²) in [5.74, 6) is -0.864. The van der Waals surface area contributed by atoms with Gasteiger partial charge in [0.15, 0.2) is 0 Å². The fraction of sp³-hybridized carbons (Fsp3) is 0.0385. The van der Waals surface area contributed by atoms with E-state index in [1.54, 1.807) is 67.6 Å². The number of halogens is 1. The predicted octanol–water partition coefficient (Wildman–Crippen LogP) is 5.61. The fourth-order valence-corrected chi connectivity index (χ4v) is 3.39. The van der Waals surface area contributed by atoms with E-state index in [9.17, 15) is 14.7 Å². The highest BCUT2D eigenvalue weighted by molar-refractivity contribution is 6.30. The molecule has 0 radical (unpaired) electrons. The molecule has 0 aliphatic carbocycles. The second-order valence-corrected chi connectivity index (χ2v) is 7.83. The lowest BCUT2D eigenvalue weighted by Gasteiger charge is -2.08. The summed E-state index contributed by atoms with van der Waals surface area (Å²) >= 11 is 5.85. The van der Waals surface area contributed by atoms with Crippen LogP contribution in [0.3, 0.4) is 0 Å². The average Bonchev–Trinajstić information content (AvgIpc) is 2.82. The molecule has 4 rings (SSSR count). The molecule has 3 N–H and O–H groups in total. The monoisotopic (exact) mass is 457 g/mol. The minimum atomic E-state index is -0.510. The number of anilines is 1. The molecule has 0 aliphatic rings. The Kier molecular flexibility index (Phi) is 6.38. The number of carbonyl (C=O) groups excluding carboxylic acids is 2. The predicted molar refractivity (Wildman–Crippen MR) is 131 cm³/mol. The molecule has 2 amide bonds. The minimum Gasteiger partial charge on any atom is -0.507 e. The molecule has 0 saturated heterocycles. The van der Waals surface area contributed by atoms with Gasteiger partial charge in [-0.2, -0.15) is 5.10 Å². The zero-order valence-corrected chi connectivity index (χ0v) is 18.4. The Morgan fingerprint density at radius 2 is 1.42 bits per heavy atom. The van der Waals surface area contributed by atoms with Crippen LogP contribution in [0.25, 0.3) is 10.8 Å². The maximum Gasteiger partial charge on any atom is 0.275 e. The van der Waals surface area contributed by atoms with E-state index in [0.717, 1.165) is 16.3 Å². The minimum absolute atomic E-state index is 0.111. The molecule has 0 aliphatic heterocycles. The summed E-state index contributed by atoms with van der Waals surface area (Å²) < 4.78 is 0. The molecule has 4 aromatic carbocycles. The van der Waals surface area contributed by atoms with Crippen molar-refractivity contribution in [3.05, 3.63) is 107 Å². The van der Waals surface area contributed by atoms with Crippen molar-refractivity contribution in [2.45, 2.75) is 6.92 Å². The highest BCUT2D eigenvalue weighted by Crippen LogP contribution is 2.25. The molecule has 0 bridgehead atoms. The molecule has 0 aromatic heterocycles. The summed E-state index contributed by atoms with van der Waals surface area (Å²) in [6.07, 6.45) is 0. The van der Waals surface area contributed by atoms with E-state index in [4.69, 9.17) is 11.6 Å². The first-order chi connectivity index (χ1) is 15.9. The van der Waals surface area contributed by atoms with E-state index >= 15 is 0 Å². The molecule has 164 valence electrons. The second-order valence-electron chi connectivity index (χ2n) is 7.39. The summed E-state index contributed by atoms with van der Waals surface area (Å²) in [6.45, 7) is 1.75. The van der Waals surface area contributed by atoms with Gasteiger partial charge in [0.2, 0.25) is 0 Å². The third-order valence-corrected chi connectivity index (χ3v) is 5.35. The number of hydrazone groups is 1. The van der Waals surface area contributed by atoms with E-state index in [1.807, 2.05) is 24.3 Å². The first kappa shape index (κ1) is 22.0. The van der Waals surface area contributed by atoms with Crippen molar-refractivity contribution in [3.8, 4) is 5.75 Å².